The Morgan fingerprint density at radius 3 is 2.50 bits per heavy atom. The minimum atomic E-state index is -0.654. The molecule has 2 fully saturated rings. The molecule has 0 spiro atoms. The van der Waals surface area contributed by atoms with E-state index in [1.54, 1.807) is 25.7 Å². The second kappa shape index (κ2) is 9.12. The van der Waals surface area contributed by atoms with E-state index >= 15 is 0 Å². The molecule has 2 aliphatic heterocycles. The third-order valence-corrected chi connectivity index (χ3v) is 6.76. The third kappa shape index (κ3) is 4.92. The van der Waals surface area contributed by atoms with Crippen molar-refractivity contribution in [1.82, 2.24) is 15.5 Å². The molecule has 0 radical (unpaired) electrons. The molecule has 0 saturated carbocycles. The summed E-state index contributed by atoms with van der Waals surface area (Å²) in [5.74, 6) is -0.250. The Morgan fingerprint density at radius 2 is 1.72 bits per heavy atom. The number of nitrogens with one attached hydrogen (secondary N) is 2. The Labute approximate surface area is 190 Å². The summed E-state index contributed by atoms with van der Waals surface area (Å²) in [6.45, 7) is 5.38. The fourth-order valence-corrected chi connectivity index (χ4v) is 5.37. The maximum Gasteiger partial charge on any atom is 0.408 e. The number of fused-ring (bicyclic) bond motifs is 2. The van der Waals surface area contributed by atoms with Gasteiger partial charge in [-0.2, -0.15) is 0 Å². The molecule has 1 aromatic carbocycles. The first kappa shape index (κ1) is 22.6. The quantitative estimate of drug-likeness (QED) is 0.750. The zero-order valence-electron chi connectivity index (χ0n) is 19.4. The van der Waals surface area contributed by atoms with Crippen LogP contribution < -0.4 is 10.6 Å². The number of carbonyl (C=O) groups is 3. The first-order valence-electron chi connectivity index (χ1n) is 11.9. The van der Waals surface area contributed by atoms with Gasteiger partial charge in [-0.3, -0.25) is 9.59 Å². The molecule has 1 aromatic rings. The number of hydrogen-bond donors (Lipinski definition) is 2. The Hall–Kier alpha value is -2.57. The Bertz CT molecular complexity index is 878. The average Bonchev–Trinajstić information content (AvgIpc) is 3.09. The first-order chi connectivity index (χ1) is 15.2. The molecule has 3 amide bonds. The van der Waals surface area contributed by atoms with E-state index in [-0.39, 0.29) is 23.9 Å². The molecule has 7 heteroatoms. The van der Waals surface area contributed by atoms with Gasteiger partial charge in [0.1, 0.15) is 17.7 Å². The third-order valence-electron chi connectivity index (χ3n) is 6.76. The summed E-state index contributed by atoms with van der Waals surface area (Å²) in [5.41, 5.74) is 1.85. The number of ether oxygens (including phenoxy) is 1. The maximum absolute atomic E-state index is 13.4. The Balaban J connectivity index is 1.46. The van der Waals surface area contributed by atoms with E-state index < -0.39 is 23.8 Å². The van der Waals surface area contributed by atoms with E-state index in [2.05, 4.69) is 22.8 Å². The highest BCUT2D eigenvalue weighted by Gasteiger charge is 2.45. The van der Waals surface area contributed by atoms with Crippen molar-refractivity contribution in [3.05, 3.63) is 35.4 Å². The van der Waals surface area contributed by atoms with Gasteiger partial charge in [-0.1, -0.05) is 24.3 Å². The molecule has 4 atom stereocenters. The van der Waals surface area contributed by atoms with Gasteiger partial charge < -0.3 is 20.3 Å². The van der Waals surface area contributed by atoms with Crippen molar-refractivity contribution in [3.8, 4) is 0 Å². The monoisotopic (exact) mass is 441 g/mol. The molecular formula is C25H35N3O4. The standard InChI is InChI=1S/C25H35N3O4/c1-25(2,3)32-24(31)27-20-13-7-10-17-14-15-21(28(17)23(20)30)22(29)26-19-12-6-9-16-8-4-5-11-18(16)19/h4-5,8,11,17,19-21H,6-7,9-10,12-15H2,1-3H3,(H,26,29)(H,27,31). The van der Waals surface area contributed by atoms with Crippen LogP contribution >= 0.6 is 0 Å². The minimum Gasteiger partial charge on any atom is -0.444 e. The van der Waals surface area contributed by atoms with Crippen LogP contribution in [0, 0.1) is 0 Å². The van der Waals surface area contributed by atoms with Crippen LogP contribution in [0.1, 0.15) is 82.9 Å². The highest BCUT2D eigenvalue weighted by Crippen LogP contribution is 2.34. The molecular weight excluding hydrogens is 406 g/mol. The lowest BCUT2D eigenvalue weighted by molar-refractivity contribution is -0.141. The fourth-order valence-electron chi connectivity index (χ4n) is 5.37. The van der Waals surface area contributed by atoms with Crippen LogP contribution in [-0.2, 0) is 20.7 Å². The Morgan fingerprint density at radius 1 is 0.969 bits per heavy atom. The Kier molecular flexibility index (Phi) is 6.45. The number of benzene rings is 1. The predicted octanol–water partition coefficient (Wildman–Crippen LogP) is 3.62. The van der Waals surface area contributed by atoms with Gasteiger partial charge in [0.15, 0.2) is 0 Å². The number of hydrogen-bond acceptors (Lipinski definition) is 4. The van der Waals surface area contributed by atoms with Crippen molar-refractivity contribution < 1.29 is 19.1 Å². The fraction of sp³-hybridized carbons (Fsp3) is 0.640. The molecule has 3 aliphatic rings. The summed E-state index contributed by atoms with van der Waals surface area (Å²) in [4.78, 5) is 40.8. The van der Waals surface area contributed by atoms with Crippen molar-refractivity contribution in [1.29, 1.82) is 0 Å². The van der Waals surface area contributed by atoms with Gasteiger partial charge in [0, 0.05) is 6.04 Å². The number of alkyl carbamates (subject to hydrolysis) is 1. The number of carbonyl (C=O) groups excluding carboxylic acids is 3. The van der Waals surface area contributed by atoms with Gasteiger partial charge in [0.05, 0.1) is 6.04 Å². The molecule has 32 heavy (non-hydrogen) atoms. The molecule has 0 bridgehead atoms. The molecule has 2 saturated heterocycles. The summed E-state index contributed by atoms with van der Waals surface area (Å²) < 4.78 is 5.35. The summed E-state index contributed by atoms with van der Waals surface area (Å²) in [6, 6.07) is 7.19. The number of nitrogens with zero attached hydrogens (tertiary/aromatic N) is 1. The highest BCUT2D eigenvalue weighted by atomic mass is 16.6. The van der Waals surface area contributed by atoms with Gasteiger partial charge in [0.25, 0.3) is 0 Å². The second-order valence-electron chi connectivity index (χ2n) is 10.3. The van der Waals surface area contributed by atoms with Crippen molar-refractivity contribution in [3.63, 3.8) is 0 Å². The van der Waals surface area contributed by atoms with Crippen LogP contribution in [0.4, 0.5) is 4.79 Å². The zero-order chi connectivity index (χ0) is 22.9. The number of aryl methyl sites for hydroxylation is 1. The van der Waals surface area contributed by atoms with Gasteiger partial charge in [-0.25, -0.2) is 4.79 Å². The summed E-state index contributed by atoms with van der Waals surface area (Å²) >= 11 is 0. The smallest absolute Gasteiger partial charge is 0.408 e. The summed E-state index contributed by atoms with van der Waals surface area (Å²) in [5, 5.41) is 5.98. The van der Waals surface area contributed by atoms with E-state index in [4.69, 9.17) is 4.74 Å². The van der Waals surface area contributed by atoms with Crippen molar-refractivity contribution in [2.45, 2.75) is 102 Å². The highest BCUT2D eigenvalue weighted by molar-refractivity contribution is 5.92. The zero-order valence-corrected chi connectivity index (χ0v) is 19.4. The van der Waals surface area contributed by atoms with Crippen LogP contribution in [0.5, 0.6) is 0 Å². The summed E-state index contributed by atoms with van der Waals surface area (Å²) in [7, 11) is 0. The van der Waals surface area contributed by atoms with Crippen LogP contribution in [0.2, 0.25) is 0 Å². The molecule has 7 nitrogen and oxygen atoms in total. The SMILES string of the molecule is CC(C)(C)OC(=O)NC1CCCC2CCC(C(=O)NC3CCCc4ccccc43)N2C1=O. The van der Waals surface area contributed by atoms with Crippen LogP contribution in [0.3, 0.4) is 0 Å². The van der Waals surface area contributed by atoms with E-state index in [1.807, 2.05) is 12.1 Å². The van der Waals surface area contributed by atoms with Gasteiger partial charge in [-0.15, -0.1) is 0 Å². The molecule has 0 aromatic heterocycles. The van der Waals surface area contributed by atoms with Crippen molar-refractivity contribution >= 4 is 17.9 Å². The molecule has 1 aliphatic carbocycles. The molecule has 4 rings (SSSR count). The van der Waals surface area contributed by atoms with Crippen LogP contribution in [-0.4, -0.2) is 46.5 Å². The lowest BCUT2D eigenvalue weighted by Crippen LogP contribution is -2.55. The van der Waals surface area contributed by atoms with Crippen molar-refractivity contribution in [2.75, 3.05) is 0 Å². The van der Waals surface area contributed by atoms with E-state index in [0.717, 1.165) is 38.5 Å². The van der Waals surface area contributed by atoms with Crippen LogP contribution in [0.15, 0.2) is 24.3 Å². The topological polar surface area (TPSA) is 87.7 Å². The maximum atomic E-state index is 13.4. The summed E-state index contributed by atoms with van der Waals surface area (Å²) in [6.07, 6.45) is 6.14. The van der Waals surface area contributed by atoms with Gasteiger partial charge in [-0.05, 0) is 83.3 Å². The first-order valence-corrected chi connectivity index (χ1v) is 11.9. The normalized spacial score (nSPS) is 27.7. The number of rotatable bonds is 3. The molecule has 174 valence electrons. The minimum absolute atomic E-state index is 0.00994. The average molecular weight is 442 g/mol. The van der Waals surface area contributed by atoms with E-state index in [9.17, 15) is 14.4 Å². The predicted molar refractivity (Wildman–Crippen MR) is 121 cm³/mol. The largest absolute Gasteiger partial charge is 0.444 e. The number of amides is 3. The lowest BCUT2D eigenvalue weighted by Gasteiger charge is -2.33. The molecule has 4 unspecified atom stereocenters. The van der Waals surface area contributed by atoms with Crippen molar-refractivity contribution in [2.24, 2.45) is 0 Å². The molecule has 2 heterocycles. The van der Waals surface area contributed by atoms with E-state index in [0.29, 0.717) is 12.8 Å². The van der Waals surface area contributed by atoms with Gasteiger partial charge in [0.2, 0.25) is 11.8 Å². The van der Waals surface area contributed by atoms with Gasteiger partial charge >= 0.3 is 6.09 Å². The second-order valence-corrected chi connectivity index (χ2v) is 10.3. The lowest BCUT2D eigenvalue weighted by atomic mass is 9.87. The van der Waals surface area contributed by atoms with Crippen LogP contribution in [0.25, 0.3) is 0 Å². The van der Waals surface area contributed by atoms with E-state index in [1.165, 1.54) is 11.1 Å². The molecule has 2 N–H and O–H groups in total.